The summed E-state index contributed by atoms with van der Waals surface area (Å²) in [6.45, 7) is 5.61. The number of phenolic OH excluding ortho intramolecular Hbond substituents is 1. The molecule has 5 rings (SSSR count). The molecule has 3 aliphatic rings. The van der Waals surface area contributed by atoms with Crippen LogP contribution in [-0.4, -0.2) is 71.2 Å². The third kappa shape index (κ3) is 6.54. The van der Waals surface area contributed by atoms with E-state index in [1.807, 2.05) is 35.2 Å². The van der Waals surface area contributed by atoms with Crippen molar-refractivity contribution in [3.8, 4) is 5.75 Å². The summed E-state index contributed by atoms with van der Waals surface area (Å²) >= 11 is 0. The summed E-state index contributed by atoms with van der Waals surface area (Å²) < 4.78 is 11.5. The minimum atomic E-state index is -0.975. The molecule has 210 valence electrons. The van der Waals surface area contributed by atoms with Crippen molar-refractivity contribution >= 4 is 17.7 Å². The van der Waals surface area contributed by atoms with Crippen molar-refractivity contribution in [2.75, 3.05) is 25.0 Å². The molecule has 1 saturated carbocycles. The summed E-state index contributed by atoms with van der Waals surface area (Å²) in [6, 6.07) is 13.3. The van der Waals surface area contributed by atoms with E-state index in [2.05, 4.69) is 24.5 Å². The van der Waals surface area contributed by atoms with Gasteiger partial charge in [0.2, 0.25) is 5.91 Å². The molecule has 2 aromatic rings. The van der Waals surface area contributed by atoms with Gasteiger partial charge in [-0.15, -0.1) is 0 Å². The number of carbonyl (C=O) groups is 2. The van der Waals surface area contributed by atoms with Crippen LogP contribution in [0.4, 0.5) is 10.5 Å². The van der Waals surface area contributed by atoms with Gasteiger partial charge in [-0.2, -0.15) is 0 Å². The van der Waals surface area contributed by atoms with Crippen LogP contribution in [0.5, 0.6) is 5.75 Å². The smallest absolute Gasteiger partial charge is 0.407 e. The number of aliphatic hydroxyl groups excluding tert-OH is 1. The second-order valence-electron chi connectivity index (χ2n) is 11.5. The highest BCUT2D eigenvalue weighted by Gasteiger charge is 2.41. The Balaban J connectivity index is 1.31. The minimum absolute atomic E-state index is 0.0771. The van der Waals surface area contributed by atoms with Gasteiger partial charge in [-0.3, -0.25) is 9.69 Å². The molecule has 1 aliphatic carbocycles. The fraction of sp³-hybridized carbons (Fsp3) is 0.533. The predicted molar refractivity (Wildman–Crippen MR) is 146 cm³/mol. The number of nitrogens with one attached hydrogen (secondary N) is 2. The Hall–Kier alpha value is -3.14. The standard InChI is InChI=1S/C30H39N3O6/c1-18(2)16-33(28-23-9-8-21(34)14-24(23)31-29(28)36)17-26(35)25(12-19-6-4-3-5-7-19)32-30(37)39-22-13-20-10-11-38-27(20)15-22/h3-9,14,18,20,22,25-28,34-35H,10-13,15-17H2,1-2H3,(H,31,36)(H,32,37)/t20?,22-,25?,26-,27-,28?/m1/s1. The van der Waals surface area contributed by atoms with Gasteiger partial charge >= 0.3 is 6.09 Å². The lowest BCUT2D eigenvalue weighted by Crippen LogP contribution is -2.51. The molecule has 2 amide bonds. The second-order valence-corrected chi connectivity index (χ2v) is 11.5. The van der Waals surface area contributed by atoms with E-state index in [1.54, 1.807) is 12.1 Å². The van der Waals surface area contributed by atoms with Crippen molar-refractivity contribution in [1.82, 2.24) is 10.2 Å². The maximum absolute atomic E-state index is 13.0. The summed E-state index contributed by atoms with van der Waals surface area (Å²) in [4.78, 5) is 28.0. The lowest BCUT2D eigenvalue weighted by Gasteiger charge is -2.34. The first-order valence-electron chi connectivity index (χ1n) is 14.0. The van der Waals surface area contributed by atoms with Gasteiger partial charge in [0.15, 0.2) is 0 Å². The van der Waals surface area contributed by atoms with Crippen LogP contribution in [0.15, 0.2) is 48.5 Å². The van der Waals surface area contributed by atoms with Gasteiger partial charge in [0.25, 0.3) is 0 Å². The van der Waals surface area contributed by atoms with E-state index < -0.39 is 24.3 Å². The Kier molecular flexibility index (Phi) is 8.40. The molecule has 1 saturated heterocycles. The van der Waals surface area contributed by atoms with Crippen LogP contribution in [0.2, 0.25) is 0 Å². The van der Waals surface area contributed by atoms with E-state index in [1.165, 1.54) is 6.07 Å². The molecule has 0 bridgehead atoms. The van der Waals surface area contributed by atoms with Crippen molar-refractivity contribution in [2.24, 2.45) is 11.8 Å². The number of benzene rings is 2. The molecule has 2 aromatic carbocycles. The number of hydrogen-bond acceptors (Lipinski definition) is 7. The molecule has 2 aliphatic heterocycles. The molecule has 2 heterocycles. The highest BCUT2D eigenvalue weighted by Crippen LogP contribution is 2.38. The van der Waals surface area contributed by atoms with E-state index >= 15 is 0 Å². The van der Waals surface area contributed by atoms with E-state index in [0.29, 0.717) is 31.0 Å². The molecular weight excluding hydrogens is 498 g/mol. The number of anilines is 1. The van der Waals surface area contributed by atoms with Crippen LogP contribution < -0.4 is 10.6 Å². The Morgan fingerprint density at radius 2 is 1.97 bits per heavy atom. The molecule has 0 spiro atoms. The summed E-state index contributed by atoms with van der Waals surface area (Å²) in [5, 5.41) is 27.2. The summed E-state index contributed by atoms with van der Waals surface area (Å²) in [6.07, 6.45) is 1.38. The monoisotopic (exact) mass is 537 g/mol. The second kappa shape index (κ2) is 11.9. The zero-order chi connectivity index (χ0) is 27.5. The van der Waals surface area contributed by atoms with Gasteiger partial charge in [-0.1, -0.05) is 50.2 Å². The summed E-state index contributed by atoms with van der Waals surface area (Å²) in [5.74, 6) is 0.541. The quantitative estimate of drug-likeness (QED) is 0.365. The number of ether oxygens (including phenoxy) is 2. The number of phenols is 1. The number of aromatic hydroxyl groups is 1. The van der Waals surface area contributed by atoms with Crippen molar-refractivity contribution in [3.05, 3.63) is 59.7 Å². The third-order valence-electron chi connectivity index (χ3n) is 7.97. The molecule has 9 heteroatoms. The molecule has 9 nitrogen and oxygen atoms in total. The number of aliphatic hydroxyl groups is 1. The van der Waals surface area contributed by atoms with Crippen molar-refractivity contribution in [2.45, 2.75) is 69.9 Å². The van der Waals surface area contributed by atoms with Crippen LogP contribution >= 0.6 is 0 Å². The Labute approximate surface area is 229 Å². The summed E-state index contributed by atoms with van der Waals surface area (Å²) in [5.41, 5.74) is 2.30. The molecule has 4 N–H and O–H groups in total. The first kappa shape index (κ1) is 27.4. The van der Waals surface area contributed by atoms with Gasteiger partial charge in [0.1, 0.15) is 17.9 Å². The van der Waals surface area contributed by atoms with Gasteiger partial charge in [0, 0.05) is 43.4 Å². The fourth-order valence-electron chi connectivity index (χ4n) is 6.22. The topological polar surface area (TPSA) is 120 Å². The van der Waals surface area contributed by atoms with Crippen molar-refractivity contribution < 1.29 is 29.3 Å². The van der Waals surface area contributed by atoms with Crippen LogP contribution in [0.25, 0.3) is 0 Å². The van der Waals surface area contributed by atoms with Crippen LogP contribution in [0.3, 0.4) is 0 Å². The Bertz CT molecular complexity index is 1150. The first-order chi connectivity index (χ1) is 18.8. The lowest BCUT2D eigenvalue weighted by atomic mass is 9.98. The number of carbonyl (C=O) groups excluding carboxylic acids is 2. The summed E-state index contributed by atoms with van der Waals surface area (Å²) in [7, 11) is 0. The number of nitrogens with zero attached hydrogens (tertiary/aromatic N) is 1. The minimum Gasteiger partial charge on any atom is -0.508 e. The average Bonchev–Trinajstić information content (AvgIpc) is 3.56. The number of rotatable bonds is 10. The highest BCUT2D eigenvalue weighted by molar-refractivity contribution is 6.02. The maximum atomic E-state index is 13.0. The number of alkyl carbamates (subject to hydrolysis) is 1. The SMILES string of the molecule is CC(C)CN(C[C@@H](O)C(Cc1ccccc1)NC(=O)O[C@@H]1CC2CCO[C@@H]2C1)C1C(=O)Nc2cc(O)ccc21. The first-order valence-corrected chi connectivity index (χ1v) is 14.0. The lowest BCUT2D eigenvalue weighted by molar-refractivity contribution is -0.121. The largest absolute Gasteiger partial charge is 0.508 e. The van der Waals surface area contributed by atoms with Gasteiger partial charge < -0.3 is 30.3 Å². The van der Waals surface area contributed by atoms with E-state index in [9.17, 15) is 19.8 Å². The maximum Gasteiger partial charge on any atom is 0.407 e. The van der Waals surface area contributed by atoms with Crippen LogP contribution in [0, 0.1) is 11.8 Å². The van der Waals surface area contributed by atoms with Gasteiger partial charge in [-0.05, 0) is 42.7 Å². The van der Waals surface area contributed by atoms with E-state index in [0.717, 1.165) is 30.6 Å². The van der Waals surface area contributed by atoms with Crippen molar-refractivity contribution in [1.29, 1.82) is 0 Å². The van der Waals surface area contributed by atoms with Crippen LogP contribution in [0.1, 0.15) is 50.3 Å². The van der Waals surface area contributed by atoms with Gasteiger partial charge in [0.05, 0.1) is 18.2 Å². The molecule has 0 radical (unpaired) electrons. The van der Waals surface area contributed by atoms with Crippen molar-refractivity contribution in [3.63, 3.8) is 0 Å². The average molecular weight is 538 g/mol. The van der Waals surface area contributed by atoms with Gasteiger partial charge in [-0.25, -0.2) is 4.79 Å². The third-order valence-corrected chi connectivity index (χ3v) is 7.97. The van der Waals surface area contributed by atoms with Crippen LogP contribution in [-0.2, 0) is 20.7 Å². The number of amides is 2. The molecule has 2 fully saturated rings. The zero-order valence-electron chi connectivity index (χ0n) is 22.6. The Morgan fingerprint density at radius 1 is 1.18 bits per heavy atom. The fourth-order valence-corrected chi connectivity index (χ4v) is 6.22. The normalized spacial score (nSPS) is 25.3. The highest BCUT2D eigenvalue weighted by atomic mass is 16.6. The molecule has 6 atom stereocenters. The van der Waals surface area contributed by atoms with E-state index in [4.69, 9.17) is 9.47 Å². The molecule has 3 unspecified atom stereocenters. The number of fused-ring (bicyclic) bond motifs is 2. The number of hydrogen-bond donors (Lipinski definition) is 4. The molecular formula is C30H39N3O6. The Morgan fingerprint density at radius 3 is 2.72 bits per heavy atom. The van der Waals surface area contributed by atoms with E-state index in [-0.39, 0.29) is 36.3 Å². The molecule has 39 heavy (non-hydrogen) atoms. The zero-order valence-corrected chi connectivity index (χ0v) is 22.6. The predicted octanol–water partition coefficient (Wildman–Crippen LogP) is 3.61. The molecule has 0 aromatic heterocycles.